The second-order valence-electron chi connectivity index (χ2n) is 9.79. The Labute approximate surface area is 147 Å². The van der Waals surface area contributed by atoms with Gasteiger partial charge in [0.15, 0.2) is 5.78 Å². The molecule has 2 nitrogen and oxygen atoms in total. The summed E-state index contributed by atoms with van der Waals surface area (Å²) in [6.07, 6.45) is 10.8. The highest BCUT2D eigenvalue weighted by Crippen LogP contribution is 2.68. The van der Waals surface area contributed by atoms with Crippen LogP contribution >= 0.6 is 0 Å². The Morgan fingerprint density at radius 1 is 1.12 bits per heavy atom. The van der Waals surface area contributed by atoms with Crippen LogP contribution in [0.1, 0.15) is 72.1 Å². The van der Waals surface area contributed by atoms with Crippen molar-refractivity contribution in [3.05, 3.63) is 23.8 Å². The van der Waals surface area contributed by atoms with E-state index in [0.29, 0.717) is 35.4 Å². The standard InChI is InChI=1S/C22H33NO/c1-14(2)17-5-6-18-21(17,4)11-9-19-20(3)10-8-16(24)13-15(20)7-12-22(18,19)23/h13,17-19H,1,5-12,23H2,2-4H3. The van der Waals surface area contributed by atoms with Crippen LogP contribution in [0.15, 0.2) is 23.8 Å². The van der Waals surface area contributed by atoms with Crippen molar-refractivity contribution in [3.63, 3.8) is 0 Å². The summed E-state index contributed by atoms with van der Waals surface area (Å²) in [7, 11) is 0. The van der Waals surface area contributed by atoms with Crippen molar-refractivity contribution >= 4 is 5.78 Å². The zero-order valence-corrected chi connectivity index (χ0v) is 15.7. The number of ketones is 1. The molecular formula is C22H33NO. The largest absolute Gasteiger partial charge is 0.325 e. The number of nitrogens with two attached hydrogens (primary N) is 1. The fourth-order valence-electron chi connectivity index (χ4n) is 7.58. The van der Waals surface area contributed by atoms with Crippen molar-refractivity contribution in [2.45, 2.75) is 77.7 Å². The summed E-state index contributed by atoms with van der Waals surface area (Å²) in [6.45, 7) is 11.4. The highest BCUT2D eigenvalue weighted by Gasteiger charge is 2.64. The van der Waals surface area contributed by atoms with E-state index in [1.54, 1.807) is 0 Å². The number of fused-ring (bicyclic) bond motifs is 5. The molecule has 2 N–H and O–H groups in total. The van der Waals surface area contributed by atoms with Gasteiger partial charge in [0.1, 0.15) is 0 Å². The summed E-state index contributed by atoms with van der Waals surface area (Å²) in [5.74, 6) is 2.12. The molecule has 132 valence electrons. The van der Waals surface area contributed by atoms with Crippen LogP contribution in [0.2, 0.25) is 0 Å². The third kappa shape index (κ3) is 1.95. The van der Waals surface area contributed by atoms with E-state index < -0.39 is 0 Å². The van der Waals surface area contributed by atoms with Crippen LogP contribution in [0.5, 0.6) is 0 Å². The molecular weight excluding hydrogens is 294 g/mol. The maximum atomic E-state index is 11.9. The molecule has 0 bridgehead atoms. The summed E-state index contributed by atoms with van der Waals surface area (Å²) >= 11 is 0. The fraction of sp³-hybridized carbons (Fsp3) is 0.773. The smallest absolute Gasteiger partial charge is 0.155 e. The molecule has 0 aromatic rings. The highest BCUT2D eigenvalue weighted by molar-refractivity contribution is 5.91. The minimum absolute atomic E-state index is 0.0519. The summed E-state index contributed by atoms with van der Waals surface area (Å²) < 4.78 is 0. The molecule has 3 saturated carbocycles. The third-order valence-electron chi connectivity index (χ3n) is 8.76. The molecule has 6 atom stereocenters. The molecule has 24 heavy (non-hydrogen) atoms. The second-order valence-corrected chi connectivity index (χ2v) is 9.79. The predicted molar refractivity (Wildman–Crippen MR) is 98.4 cm³/mol. The lowest BCUT2D eigenvalue weighted by atomic mass is 9.43. The van der Waals surface area contributed by atoms with Crippen molar-refractivity contribution in [1.29, 1.82) is 0 Å². The molecule has 4 rings (SSSR count). The van der Waals surface area contributed by atoms with Crippen molar-refractivity contribution in [1.82, 2.24) is 0 Å². The normalized spacial score (nSPS) is 50.6. The zero-order chi connectivity index (χ0) is 17.3. The van der Waals surface area contributed by atoms with Gasteiger partial charge in [-0.25, -0.2) is 0 Å². The highest BCUT2D eigenvalue weighted by atomic mass is 16.1. The first kappa shape index (κ1) is 16.6. The van der Waals surface area contributed by atoms with Gasteiger partial charge in [-0.3, -0.25) is 4.79 Å². The molecule has 0 saturated heterocycles. The van der Waals surface area contributed by atoms with E-state index in [-0.39, 0.29) is 11.0 Å². The first-order valence-corrected chi connectivity index (χ1v) is 9.90. The Morgan fingerprint density at radius 3 is 2.58 bits per heavy atom. The van der Waals surface area contributed by atoms with E-state index in [2.05, 4.69) is 27.4 Å². The molecule has 0 heterocycles. The van der Waals surface area contributed by atoms with Crippen molar-refractivity contribution in [2.75, 3.05) is 0 Å². The van der Waals surface area contributed by atoms with Crippen LogP contribution in [-0.2, 0) is 4.79 Å². The summed E-state index contributed by atoms with van der Waals surface area (Å²) in [6, 6.07) is 0. The van der Waals surface area contributed by atoms with Gasteiger partial charge in [-0.05, 0) is 86.5 Å². The van der Waals surface area contributed by atoms with E-state index in [9.17, 15) is 4.79 Å². The first-order valence-electron chi connectivity index (χ1n) is 9.90. The van der Waals surface area contributed by atoms with Crippen LogP contribution in [0, 0.1) is 28.6 Å². The Balaban J connectivity index is 1.74. The first-order chi connectivity index (χ1) is 11.2. The molecule has 6 unspecified atom stereocenters. The number of carbonyl (C=O) groups is 1. The number of carbonyl (C=O) groups excluding carboxylic acids is 1. The van der Waals surface area contributed by atoms with Crippen molar-refractivity contribution < 1.29 is 4.79 Å². The van der Waals surface area contributed by atoms with Gasteiger partial charge in [-0.15, -0.1) is 0 Å². The maximum Gasteiger partial charge on any atom is 0.155 e. The SMILES string of the molecule is C=C(C)C1CCC2C1(C)CCC1C3(C)CCC(=O)C=C3CCC12N. The molecule has 0 aliphatic heterocycles. The molecule has 3 fully saturated rings. The van der Waals surface area contributed by atoms with E-state index in [0.717, 1.165) is 19.3 Å². The van der Waals surface area contributed by atoms with Gasteiger partial charge in [0.05, 0.1) is 0 Å². The zero-order valence-electron chi connectivity index (χ0n) is 15.7. The van der Waals surface area contributed by atoms with Gasteiger partial charge in [-0.2, -0.15) is 0 Å². The topological polar surface area (TPSA) is 43.1 Å². The Morgan fingerprint density at radius 2 is 1.88 bits per heavy atom. The summed E-state index contributed by atoms with van der Waals surface area (Å²) in [5, 5.41) is 0. The molecule has 4 aliphatic carbocycles. The van der Waals surface area contributed by atoms with Crippen molar-refractivity contribution in [3.8, 4) is 0 Å². The van der Waals surface area contributed by atoms with Gasteiger partial charge in [0, 0.05) is 12.0 Å². The third-order valence-corrected chi connectivity index (χ3v) is 8.76. The molecule has 0 amide bonds. The van der Waals surface area contributed by atoms with Gasteiger partial charge >= 0.3 is 0 Å². The minimum Gasteiger partial charge on any atom is -0.325 e. The average molecular weight is 328 g/mol. The van der Waals surface area contributed by atoms with E-state index in [1.165, 1.54) is 36.8 Å². The lowest BCUT2D eigenvalue weighted by molar-refractivity contribution is -0.118. The van der Waals surface area contributed by atoms with Crippen LogP contribution < -0.4 is 5.73 Å². The quantitative estimate of drug-likeness (QED) is 0.704. The number of rotatable bonds is 1. The minimum atomic E-state index is -0.0519. The van der Waals surface area contributed by atoms with E-state index in [1.807, 2.05) is 6.08 Å². The molecule has 0 aromatic heterocycles. The van der Waals surface area contributed by atoms with E-state index >= 15 is 0 Å². The number of hydrogen-bond acceptors (Lipinski definition) is 2. The maximum absolute atomic E-state index is 11.9. The molecule has 0 radical (unpaired) electrons. The monoisotopic (exact) mass is 327 g/mol. The number of allylic oxidation sites excluding steroid dienone is 2. The molecule has 4 aliphatic rings. The van der Waals surface area contributed by atoms with Crippen LogP contribution in [0.4, 0.5) is 0 Å². The fourth-order valence-corrected chi connectivity index (χ4v) is 7.58. The van der Waals surface area contributed by atoms with Gasteiger partial charge in [-0.1, -0.05) is 31.6 Å². The van der Waals surface area contributed by atoms with Gasteiger partial charge < -0.3 is 5.73 Å². The number of hydrogen-bond donors (Lipinski definition) is 1. The second kappa shape index (κ2) is 5.06. The molecule has 0 aromatic carbocycles. The lowest BCUT2D eigenvalue weighted by Gasteiger charge is -2.63. The lowest BCUT2D eigenvalue weighted by Crippen LogP contribution is -2.66. The van der Waals surface area contributed by atoms with Gasteiger partial charge in [0.2, 0.25) is 0 Å². The van der Waals surface area contributed by atoms with E-state index in [4.69, 9.17) is 5.73 Å². The Bertz CT molecular complexity index is 634. The average Bonchev–Trinajstić information content (AvgIpc) is 2.87. The van der Waals surface area contributed by atoms with Crippen LogP contribution in [0.3, 0.4) is 0 Å². The van der Waals surface area contributed by atoms with Crippen molar-refractivity contribution in [2.24, 2.45) is 34.3 Å². The summed E-state index contributed by atoms with van der Waals surface area (Å²) in [5.41, 5.74) is 10.5. The Kier molecular flexibility index (Phi) is 3.50. The predicted octanol–water partition coefficient (Wildman–Crippen LogP) is 4.79. The molecule has 0 spiro atoms. The molecule has 2 heteroatoms. The van der Waals surface area contributed by atoms with Crippen LogP contribution in [-0.4, -0.2) is 11.3 Å². The van der Waals surface area contributed by atoms with Crippen LogP contribution in [0.25, 0.3) is 0 Å². The van der Waals surface area contributed by atoms with Gasteiger partial charge in [0.25, 0.3) is 0 Å². The Hall–Kier alpha value is -0.890. The summed E-state index contributed by atoms with van der Waals surface area (Å²) in [4.78, 5) is 11.9.